The van der Waals surface area contributed by atoms with Gasteiger partial charge in [0.1, 0.15) is 0 Å². The molecule has 0 saturated carbocycles. The number of halogens is 3. The molecule has 2 unspecified atom stereocenters. The smallest absolute Gasteiger partial charge is 0.316 e. The fourth-order valence-electron chi connectivity index (χ4n) is 2.14. The van der Waals surface area contributed by atoms with E-state index in [4.69, 9.17) is 0 Å². The van der Waals surface area contributed by atoms with Crippen LogP contribution in [0.15, 0.2) is 0 Å². The third-order valence-corrected chi connectivity index (χ3v) is 4.69. The molecule has 1 rings (SSSR count). The van der Waals surface area contributed by atoms with E-state index in [1.807, 2.05) is 0 Å². The van der Waals surface area contributed by atoms with Crippen molar-refractivity contribution in [2.75, 3.05) is 12.8 Å². The maximum Gasteiger partial charge on any atom is 0.389 e. The first kappa shape index (κ1) is 13.2. The first-order valence-corrected chi connectivity index (χ1v) is 6.24. The SMILES string of the molecule is CNC(CCC(F)(F)F)C1(C)CCCS1. The van der Waals surface area contributed by atoms with Gasteiger partial charge in [-0.3, -0.25) is 0 Å². The van der Waals surface area contributed by atoms with Crippen LogP contribution in [0.5, 0.6) is 0 Å². The quantitative estimate of drug-likeness (QED) is 0.811. The molecule has 0 aromatic rings. The zero-order valence-electron chi connectivity index (χ0n) is 9.16. The highest BCUT2D eigenvalue weighted by Gasteiger charge is 2.39. The van der Waals surface area contributed by atoms with Gasteiger partial charge in [0.05, 0.1) is 0 Å². The number of alkyl halides is 3. The van der Waals surface area contributed by atoms with Gasteiger partial charge in [0, 0.05) is 17.2 Å². The van der Waals surface area contributed by atoms with Crippen molar-refractivity contribution in [3.05, 3.63) is 0 Å². The number of hydrogen-bond donors (Lipinski definition) is 1. The van der Waals surface area contributed by atoms with E-state index in [9.17, 15) is 13.2 Å². The van der Waals surface area contributed by atoms with Crippen molar-refractivity contribution in [1.82, 2.24) is 5.32 Å². The molecule has 0 bridgehead atoms. The summed E-state index contributed by atoms with van der Waals surface area (Å²) in [7, 11) is 1.76. The molecule has 0 aliphatic carbocycles. The Morgan fingerprint density at radius 1 is 1.47 bits per heavy atom. The Morgan fingerprint density at radius 3 is 2.53 bits per heavy atom. The predicted molar refractivity (Wildman–Crippen MR) is 58.2 cm³/mol. The van der Waals surface area contributed by atoms with Crippen molar-refractivity contribution in [2.45, 2.75) is 49.6 Å². The maximum atomic E-state index is 12.1. The summed E-state index contributed by atoms with van der Waals surface area (Å²) in [5, 5.41) is 3.04. The minimum atomic E-state index is -4.03. The van der Waals surface area contributed by atoms with Crippen LogP contribution in [0.1, 0.15) is 32.6 Å². The minimum Gasteiger partial charge on any atom is -0.316 e. The highest BCUT2D eigenvalue weighted by atomic mass is 32.2. The average molecular weight is 241 g/mol. The standard InChI is InChI=1S/C10H18F3NS/c1-9(5-3-7-15-9)8(14-2)4-6-10(11,12)13/h8,14H,3-7H2,1-2H3. The van der Waals surface area contributed by atoms with Crippen LogP contribution in [-0.4, -0.2) is 29.8 Å². The van der Waals surface area contributed by atoms with Gasteiger partial charge >= 0.3 is 6.18 Å². The van der Waals surface area contributed by atoms with E-state index >= 15 is 0 Å². The molecular formula is C10H18F3NS. The van der Waals surface area contributed by atoms with Crippen molar-refractivity contribution in [3.63, 3.8) is 0 Å². The zero-order valence-corrected chi connectivity index (χ0v) is 9.97. The minimum absolute atomic E-state index is 0.0139. The molecule has 2 atom stereocenters. The fourth-order valence-corrected chi connectivity index (χ4v) is 3.62. The highest BCUT2D eigenvalue weighted by molar-refractivity contribution is 8.00. The van der Waals surface area contributed by atoms with Gasteiger partial charge in [-0.1, -0.05) is 0 Å². The molecule has 0 aromatic carbocycles. The fraction of sp³-hybridized carbons (Fsp3) is 1.00. The Bertz CT molecular complexity index is 199. The lowest BCUT2D eigenvalue weighted by Crippen LogP contribution is -2.44. The van der Waals surface area contributed by atoms with E-state index in [1.54, 1.807) is 18.8 Å². The summed E-state index contributed by atoms with van der Waals surface area (Å²) in [5.74, 6) is 1.07. The molecule has 1 saturated heterocycles. The first-order valence-electron chi connectivity index (χ1n) is 5.25. The van der Waals surface area contributed by atoms with Crippen LogP contribution in [0.25, 0.3) is 0 Å². The Balaban J connectivity index is 2.48. The Hall–Kier alpha value is 0.100. The molecule has 90 valence electrons. The molecular weight excluding hydrogens is 223 g/mol. The molecule has 15 heavy (non-hydrogen) atoms. The summed E-state index contributed by atoms with van der Waals surface area (Å²) in [4.78, 5) is 0. The third-order valence-electron chi connectivity index (χ3n) is 3.05. The molecule has 1 nitrogen and oxygen atoms in total. The average Bonchev–Trinajstić information content (AvgIpc) is 2.52. The summed E-state index contributed by atoms with van der Waals surface area (Å²) in [6, 6.07) is -0.0355. The number of rotatable bonds is 4. The molecule has 1 N–H and O–H groups in total. The molecule has 5 heteroatoms. The van der Waals surface area contributed by atoms with Crippen LogP contribution in [0, 0.1) is 0 Å². The third kappa shape index (κ3) is 3.87. The zero-order chi connectivity index (χ0) is 11.5. The molecule has 0 amide bonds. The second-order valence-electron chi connectivity index (χ2n) is 4.26. The van der Waals surface area contributed by atoms with Gasteiger partial charge < -0.3 is 5.32 Å². The van der Waals surface area contributed by atoms with Gasteiger partial charge in [-0.05, 0) is 39.0 Å². The summed E-state index contributed by atoms with van der Waals surface area (Å²) in [6.45, 7) is 2.07. The lowest BCUT2D eigenvalue weighted by Gasteiger charge is -2.33. The number of nitrogens with one attached hydrogen (secondary N) is 1. The summed E-state index contributed by atoms with van der Waals surface area (Å²) in [5.41, 5.74) is 0. The molecule has 1 aliphatic heterocycles. The summed E-state index contributed by atoms with van der Waals surface area (Å²) < 4.78 is 36.4. The summed E-state index contributed by atoms with van der Waals surface area (Å²) >= 11 is 1.80. The van der Waals surface area contributed by atoms with Gasteiger partial charge in [-0.15, -0.1) is 0 Å². The highest BCUT2D eigenvalue weighted by Crippen LogP contribution is 2.42. The Kier molecular flexibility index (Phi) is 4.35. The van der Waals surface area contributed by atoms with Gasteiger partial charge in [0.25, 0.3) is 0 Å². The van der Waals surface area contributed by atoms with E-state index in [-0.39, 0.29) is 17.2 Å². The van der Waals surface area contributed by atoms with Gasteiger partial charge in [-0.2, -0.15) is 24.9 Å². The van der Waals surface area contributed by atoms with Crippen LogP contribution in [0.4, 0.5) is 13.2 Å². The molecule has 1 fully saturated rings. The topological polar surface area (TPSA) is 12.0 Å². The monoisotopic (exact) mass is 241 g/mol. The second-order valence-corrected chi connectivity index (χ2v) is 5.89. The molecule has 1 heterocycles. The van der Waals surface area contributed by atoms with Crippen LogP contribution in [0.2, 0.25) is 0 Å². The van der Waals surface area contributed by atoms with Crippen LogP contribution in [0.3, 0.4) is 0 Å². The molecule has 1 aliphatic rings. The van der Waals surface area contributed by atoms with Gasteiger partial charge in [-0.25, -0.2) is 0 Å². The summed E-state index contributed by atoms with van der Waals surface area (Å²) in [6.07, 6.45) is -2.40. The second kappa shape index (κ2) is 4.95. The van der Waals surface area contributed by atoms with Crippen LogP contribution < -0.4 is 5.32 Å². The van der Waals surface area contributed by atoms with E-state index in [0.717, 1.165) is 18.6 Å². The van der Waals surface area contributed by atoms with Crippen molar-refractivity contribution in [2.24, 2.45) is 0 Å². The van der Waals surface area contributed by atoms with Crippen molar-refractivity contribution in [1.29, 1.82) is 0 Å². The van der Waals surface area contributed by atoms with Gasteiger partial charge in [0.2, 0.25) is 0 Å². The molecule has 0 spiro atoms. The predicted octanol–water partition coefficient (Wildman–Crippen LogP) is 3.20. The Morgan fingerprint density at radius 2 is 2.13 bits per heavy atom. The van der Waals surface area contributed by atoms with Crippen molar-refractivity contribution in [3.8, 4) is 0 Å². The largest absolute Gasteiger partial charge is 0.389 e. The Labute approximate surface area is 93.2 Å². The molecule has 0 radical (unpaired) electrons. The van der Waals surface area contributed by atoms with Crippen LogP contribution in [-0.2, 0) is 0 Å². The van der Waals surface area contributed by atoms with Crippen LogP contribution >= 0.6 is 11.8 Å². The normalized spacial score (nSPS) is 29.4. The maximum absolute atomic E-state index is 12.1. The lowest BCUT2D eigenvalue weighted by atomic mass is 9.92. The van der Waals surface area contributed by atoms with Crippen molar-refractivity contribution >= 4 is 11.8 Å². The lowest BCUT2D eigenvalue weighted by molar-refractivity contribution is -0.136. The van der Waals surface area contributed by atoms with E-state index < -0.39 is 12.6 Å². The molecule has 0 aromatic heterocycles. The van der Waals surface area contributed by atoms with E-state index in [0.29, 0.717) is 0 Å². The van der Waals surface area contributed by atoms with E-state index in [1.165, 1.54) is 0 Å². The van der Waals surface area contributed by atoms with E-state index in [2.05, 4.69) is 12.2 Å². The van der Waals surface area contributed by atoms with Crippen molar-refractivity contribution < 1.29 is 13.2 Å². The number of thioether (sulfide) groups is 1. The van der Waals surface area contributed by atoms with Gasteiger partial charge in [0.15, 0.2) is 0 Å². The first-order chi connectivity index (χ1) is 6.87. The number of hydrogen-bond acceptors (Lipinski definition) is 2.